The van der Waals surface area contributed by atoms with Crippen molar-refractivity contribution in [3.63, 3.8) is 0 Å². The number of piperazine rings is 1. The highest BCUT2D eigenvalue weighted by Gasteiger charge is 2.22. The van der Waals surface area contributed by atoms with Crippen molar-refractivity contribution < 1.29 is 4.74 Å². The van der Waals surface area contributed by atoms with E-state index in [2.05, 4.69) is 32.1 Å². The lowest BCUT2D eigenvalue weighted by molar-refractivity contribution is 0.305. The van der Waals surface area contributed by atoms with E-state index in [4.69, 9.17) is 16.3 Å². The van der Waals surface area contributed by atoms with E-state index in [1.54, 1.807) is 7.05 Å². The molecule has 1 N–H and O–H groups in total. The standard InChI is InChI=1S/C12H20ClN5O/c1-4-19-9-10(13)15-12(14-2)16-11(9)18-7-5-17(3)6-8-18/h4-8H2,1-3H3,(H,14,15,16). The van der Waals surface area contributed by atoms with E-state index < -0.39 is 0 Å². The van der Waals surface area contributed by atoms with Gasteiger partial charge < -0.3 is 19.9 Å². The second kappa shape index (κ2) is 6.25. The highest BCUT2D eigenvalue weighted by atomic mass is 35.5. The molecule has 2 heterocycles. The molecule has 1 fully saturated rings. The van der Waals surface area contributed by atoms with E-state index in [0.717, 1.165) is 32.0 Å². The predicted molar refractivity (Wildman–Crippen MR) is 77.5 cm³/mol. The number of nitrogens with one attached hydrogen (secondary N) is 1. The third-order valence-electron chi connectivity index (χ3n) is 3.12. The van der Waals surface area contributed by atoms with Gasteiger partial charge in [-0.3, -0.25) is 0 Å². The molecule has 0 saturated carbocycles. The van der Waals surface area contributed by atoms with E-state index in [1.807, 2.05) is 6.92 Å². The summed E-state index contributed by atoms with van der Waals surface area (Å²) in [5.74, 6) is 1.87. The molecule has 0 unspecified atom stereocenters. The largest absolute Gasteiger partial charge is 0.487 e. The van der Waals surface area contributed by atoms with Gasteiger partial charge in [-0.25, -0.2) is 0 Å². The summed E-state index contributed by atoms with van der Waals surface area (Å²) in [7, 11) is 3.90. The molecule has 7 heteroatoms. The molecule has 19 heavy (non-hydrogen) atoms. The van der Waals surface area contributed by atoms with E-state index >= 15 is 0 Å². The molecule has 1 aromatic heterocycles. The van der Waals surface area contributed by atoms with Crippen LogP contribution in [0.4, 0.5) is 11.8 Å². The Morgan fingerprint density at radius 2 is 1.95 bits per heavy atom. The zero-order valence-corrected chi connectivity index (χ0v) is 12.4. The first-order valence-electron chi connectivity index (χ1n) is 6.47. The van der Waals surface area contributed by atoms with Crippen LogP contribution in [0.15, 0.2) is 0 Å². The minimum atomic E-state index is 0.357. The van der Waals surface area contributed by atoms with Crippen molar-refractivity contribution in [1.29, 1.82) is 0 Å². The lowest BCUT2D eigenvalue weighted by atomic mass is 10.3. The van der Waals surface area contributed by atoms with Crippen molar-refractivity contribution in [2.24, 2.45) is 0 Å². The predicted octanol–water partition coefficient (Wildman–Crippen LogP) is 1.32. The molecule has 2 rings (SSSR count). The van der Waals surface area contributed by atoms with E-state index in [0.29, 0.717) is 23.5 Å². The van der Waals surface area contributed by atoms with Crippen molar-refractivity contribution in [1.82, 2.24) is 14.9 Å². The van der Waals surface area contributed by atoms with Crippen LogP contribution in [0.2, 0.25) is 5.15 Å². The molecule has 0 spiro atoms. The Hall–Kier alpha value is -1.27. The number of ether oxygens (including phenoxy) is 1. The summed E-state index contributed by atoms with van der Waals surface area (Å²) < 4.78 is 5.61. The molecule has 1 aliphatic heterocycles. The lowest BCUT2D eigenvalue weighted by Crippen LogP contribution is -2.45. The second-order valence-corrected chi connectivity index (χ2v) is 4.82. The lowest BCUT2D eigenvalue weighted by Gasteiger charge is -2.34. The third kappa shape index (κ3) is 3.19. The van der Waals surface area contributed by atoms with Crippen molar-refractivity contribution in [3.8, 4) is 5.75 Å². The number of hydrogen-bond donors (Lipinski definition) is 1. The number of hydrogen-bond acceptors (Lipinski definition) is 6. The van der Waals surface area contributed by atoms with Crippen LogP contribution in [0.25, 0.3) is 0 Å². The Kier molecular flexibility index (Phi) is 4.66. The molecule has 0 bridgehead atoms. The fourth-order valence-electron chi connectivity index (χ4n) is 2.02. The molecule has 0 aliphatic carbocycles. The summed E-state index contributed by atoms with van der Waals surface area (Å²) in [5.41, 5.74) is 0. The van der Waals surface area contributed by atoms with Gasteiger partial charge in [0.05, 0.1) is 6.61 Å². The Balaban J connectivity index is 2.32. The Bertz CT molecular complexity index is 434. The quantitative estimate of drug-likeness (QED) is 0.842. The van der Waals surface area contributed by atoms with Crippen molar-refractivity contribution in [3.05, 3.63) is 5.15 Å². The van der Waals surface area contributed by atoms with Gasteiger partial charge in [0.2, 0.25) is 5.95 Å². The van der Waals surface area contributed by atoms with Crippen LogP contribution in [0.1, 0.15) is 6.92 Å². The normalized spacial score (nSPS) is 16.5. The summed E-state index contributed by atoms with van der Waals surface area (Å²) in [6.07, 6.45) is 0. The molecular weight excluding hydrogens is 266 g/mol. The fraction of sp³-hybridized carbons (Fsp3) is 0.667. The molecule has 0 atom stereocenters. The maximum atomic E-state index is 6.19. The van der Waals surface area contributed by atoms with Gasteiger partial charge in [-0.05, 0) is 14.0 Å². The number of aromatic nitrogens is 2. The zero-order chi connectivity index (χ0) is 13.8. The third-order valence-corrected chi connectivity index (χ3v) is 3.38. The van der Waals surface area contributed by atoms with Crippen molar-refractivity contribution in [2.75, 3.05) is 57.1 Å². The van der Waals surface area contributed by atoms with Crippen LogP contribution in [0.3, 0.4) is 0 Å². The average molecular weight is 286 g/mol. The highest BCUT2D eigenvalue weighted by molar-refractivity contribution is 6.31. The minimum Gasteiger partial charge on any atom is -0.487 e. The maximum absolute atomic E-state index is 6.19. The SMILES string of the molecule is CCOc1c(Cl)nc(NC)nc1N1CCN(C)CC1. The second-order valence-electron chi connectivity index (χ2n) is 4.46. The van der Waals surface area contributed by atoms with Gasteiger partial charge >= 0.3 is 0 Å². The Labute approximate surface area is 118 Å². The Morgan fingerprint density at radius 3 is 2.53 bits per heavy atom. The Morgan fingerprint density at radius 1 is 1.26 bits per heavy atom. The number of likely N-dealkylation sites (N-methyl/N-ethyl adjacent to an activating group) is 1. The number of nitrogens with zero attached hydrogens (tertiary/aromatic N) is 4. The first kappa shape index (κ1) is 14.1. The van der Waals surface area contributed by atoms with E-state index in [9.17, 15) is 0 Å². The summed E-state index contributed by atoms with van der Waals surface area (Å²) in [4.78, 5) is 13.1. The molecule has 1 saturated heterocycles. The number of anilines is 2. The average Bonchev–Trinajstić information content (AvgIpc) is 2.42. The van der Waals surface area contributed by atoms with Crippen LogP contribution >= 0.6 is 11.6 Å². The van der Waals surface area contributed by atoms with Crippen LogP contribution in [-0.2, 0) is 0 Å². The van der Waals surface area contributed by atoms with Crippen LogP contribution in [0.5, 0.6) is 5.75 Å². The molecule has 6 nitrogen and oxygen atoms in total. The first-order chi connectivity index (χ1) is 9.15. The summed E-state index contributed by atoms with van der Waals surface area (Å²) in [5, 5.41) is 3.28. The van der Waals surface area contributed by atoms with E-state index in [-0.39, 0.29) is 0 Å². The fourth-order valence-corrected chi connectivity index (χ4v) is 2.24. The summed E-state index contributed by atoms with van der Waals surface area (Å²) in [6.45, 7) is 6.29. The maximum Gasteiger partial charge on any atom is 0.226 e. The summed E-state index contributed by atoms with van der Waals surface area (Å²) >= 11 is 6.19. The first-order valence-corrected chi connectivity index (χ1v) is 6.85. The van der Waals surface area contributed by atoms with Gasteiger partial charge in [0, 0.05) is 33.2 Å². The minimum absolute atomic E-state index is 0.357. The number of rotatable bonds is 4. The summed E-state index contributed by atoms with van der Waals surface area (Å²) in [6, 6.07) is 0. The highest BCUT2D eigenvalue weighted by Crippen LogP contribution is 2.34. The van der Waals surface area contributed by atoms with Gasteiger partial charge in [0.25, 0.3) is 0 Å². The molecule has 0 amide bonds. The molecule has 1 aromatic rings. The van der Waals surface area contributed by atoms with Crippen molar-refractivity contribution >= 4 is 23.4 Å². The van der Waals surface area contributed by atoms with Crippen LogP contribution in [0, 0.1) is 0 Å². The van der Waals surface area contributed by atoms with Crippen molar-refractivity contribution in [2.45, 2.75) is 6.92 Å². The molecule has 106 valence electrons. The molecule has 1 aliphatic rings. The topological polar surface area (TPSA) is 53.5 Å². The van der Waals surface area contributed by atoms with Gasteiger partial charge in [-0.15, -0.1) is 0 Å². The van der Waals surface area contributed by atoms with E-state index in [1.165, 1.54) is 0 Å². The van der Waals surface area contributed by atoms with Crippen LogP contribution < -0.4 is 15.0 Å². The number of halogens is 1. The smallest absolute Gasteiger partial charge is 0.226 e. The zero-order valence-electron chi connectivity index (χ0n) is 11.6. The molecular formula is C12H20ClN5O. The monoisotopic (exact) mass is 285 g/mol. The molecule has 0 aromatic carbocycles. The van der Waals surface area contributed by atoms with Gasteiger partial charge in [-0.1, -0.05) is 11.6 Å². The van der Waals surface area contributed by atoms with Crippen LogP contribution in [-0.4, -0.2) is 61.7 Å². The van der Waals surface area contributed by atoms with Gasteiger partial charge in [0.15, 0.2) is 16.7 Å². The van der Waals surface area contributed by atoms with Gasteiger partial charge in [0.1, 0.15) is 0 Å². The molecule has 0 radical (unpaired) electrons. The van der Waals surface area contributed by atoms with Gasteiger partial charge in [-0.2, -0.15) is 9.97 Å².